The van der Waals surface area contributed by atoms with E-state index in [2.05, 4.69) is 0 Å². The maximum absolute atomic E-state index is 12.0. The lowest BCUT2D eigenvalue weighted by Crippen LogP contribution is -2.02. The minimum Gasteiger partial charge on any atom is -0.468 e. The lowest BCUT2D eigenvalue weighted by atomic mass is 10.1. The molecule has 0 fully saturated rings. The van der Waals surface area contributed by atoms with Gasteiger partial charge in [-0.15, -0.1) is 11.8 Å². The summed E-state index contributed by atoms with van der Waals surface area (Å²) in [7, 11) is 0. The topological polar surface area (TPSA) is 48.7 Å². The number of Topliss-reactive ketones (excluding diaryl/α,β-unsaturated/α-hetero) is 1. The predicted molar refractivity (Wildman–Crippen MR) is 71.8 cm³/mol. The van der Waals surface area contributed by atoms with Crippen LogP contribution in [0.5, 0.6) is 11.5 Å². The van der Waals surface area contributed by atoms with E-state index in [-0.39, 0.29) is 12.6 Å². The first-order valence-electron chi connectivity index (χ1n) is 5.86. The van der Waals surface area contributed by atoms with Crippen molar-refractivity contribution in [3.05, 3.63) is 47.9 Å². The van der Waals surface area contributed by atoms with Gasteiger partial charge in [-0.3, -0.25) is 4.79 Å². The Morgan fingerprint density at radius 3 is 2.95 bits per heavy atom. The molecule has 0 atom stereocenters. The third-order valence-corrected chi connectivity index (χ3v) is 3.71. The summed E-state index contributed by atoms with van der Waals surface area (Å²) in [5, 5.41) is 0. The van der Waals surface area contributed by atoms with Crippen molar-refractivity contribution in [1.82, 2.24) is 0 Å². The summed E-state index contributed by atoms with van der Waals surface area (Å²) in [6, 6.07) is 9.02. The fourth-order valence-electron chi connectivity index (χ4n) is 1.79. The monoisotopic (exact) mass is 276 g/mol. The number of rotatable bonds is 5. The molecule has 2 aromatic rings. The maximum Gasteiger partial charge on any atom is 0.231 e. The molecule has 5 heteroatoms. The Balaban J connectivity index is 1.58. The van der Waals surface area contributed by atoms with Gasteiger partial charge in [0.2, 0.25) is 6.79 Å². The molecule has 0 spiro atoms. The Kier molecular flexibility index (Phi) is 3.46. The van der Waals surface area contributed by atoms with Crippen LogP contribution in [0.2, 0.25) is 0 Å². The predicted octanol–water partition coefficient (Wildman–Crippen LogP) is 3.12. The van der Waals surface area contributed by atoms with Gasteiger partial charge in [0.15, 0.2) is 17.3 Å². The number of thioether (sulfide) groups is 1. The molecule has 1 aliphatic heterocycles. The molecule has 4 nitrogen and oxygen atoms in total. The highest BCUT2D eigenvalue weighted by atomic mass is 32.2. The number of carbonyl (C=O) groups is 1. The Morgan fingerprint density at radius 2 is 2.11 bits per heavy atom. The molecule has 1 aliphatic rings. The summed E-state index contributed by atoms with van der Waals surface area (Å²) in [5.74, 6) is 3.41. The number of hydrogen-bond donors (Lipinski definition) is 0. The number of ether oxygens (including phenoxy) is 2. The summed E-state index contributed by atoms with van der Waals surface area (Å²) < 4.78 is 15.7. The maximum atomic E-state index is 12.0. The van der Waals surface area contributed by atoms with Crippen LogP contribution in [0.15, 0.2) is 41.0 Å². The quantitative estimate of drug-likeness (QED) is 0.785. The van der Waals surface area contributed by atoms with Gasteiger partial charge >= 0.3 is 0 Å². The van der Waals surface area contributed by atoms with E-state index in [1.807, 2.05) is 12.1 Å². The highest BCUT2D eigenvalue weighted by Crippen LogP contribution is 2.32. The van der Waals surface area contributed by atoms with E-state index in [1.165, 1.54) is 11.8 Å². The molecule has 2 heterocycles. The molecule has 98 valence electrons. The van der Waals surface area contributed by atoms with Crippen molar-refractivity contribution in [3.8, 4) is 11.5 Å². The molecule has 0 bridgehead atoms. The van der Waals surface area contributed by atoms with Gasteiger partial charge in [0.05, 0.1) is 17.8 Å². The second-order valence-electron chi connectivity index (χ2n) is 4.06. The van der Waals surface area contributed by atoms with Crippen molar-refractivity contribution in [1.29, 1.82) is 0 Å². The third-order valence-electron chi connectivity index (χ3n) is 2.75. The lowest BCUT2D eigenvalue weighted by Gasteiger charge is -2.02. The molecule has 1 aromatic heterocycles. The van der Waals surface area contributed by atoms with Gasteiger partial charge in [-0.05, 0) is 30.3 Å². The first-order valence-corrected chi connectivity index (χ1v) is 7.01. The van der Waals surface area contributed by atoms with Gasteiger partial charge in [-0.25, -0.2) is 0 Å². The van der Waals surface area contributed by atoms with E-state index in [1.54, 1.807) is 24.5 Å². The van der Waals surface area contributed by atoms with E-state index in [0.717, 1.165) is 5.76 Å². The first-order chi connectivity index (χ1) is 9.33. The third kappa shape index (κ3) is 2.76. The van der Waals surface area contributed by atoms with Crippen LogP contribution in [0, 0.1) is 0 Å². The minimum absolute atomic E-state index is 0.0786. The van der Waals surface area contributed by atoms with Crippen LogP contribution in [0.4, 0.5) is 0 Å². The number of hydrogen-bond acceptors (Lipinski definition) is 5. The van der Waals surface area contributed by atoms with Crippen molar-refractivity contribution in [2.75, 3.05) is 12.5 Å². The van der Waals surface area contributed by atoms with E-state index < -0.39 is 0 Å². The SMILES string of the molecule is O=C(CSCc1ccco1)c1ccc2c(c1)OCO2. The van der Waals surface area contributed by atoms with Crippen molar-refractivity contribution >= 4 is 17.5 Å². The molecule has 0 aliphatic carbocycles. The van der Waals surface area contributed by atoms with Crippen LogP contribution in [0.3, 0.4) is 0 Å². The number of ketones is 1. The van der Waals surface area contributed by atoms with Gasteiger partial charge in [-0.2, -0.15) is 0 Å². The normalized spacial score (nSPS) is 12.6. The largest absolute Gasteiger partial charge is 0.468 e. The lowest BCUT2D eigenvalue weighted by molar-refractivity contribution is 0.102. The average Bonchev–Trinajstić information content (AvgIpc) is 3.08. The Morgan fingerprint density at radius 1 is 1.21 bits per heavy atom. The molecule has 0 saturated carbocycles. The van der Waals surface area contributed by atoms with Gasteiger partial charge in [-0.1, -0.05) is 0 Å². The summed E-state index contributed by atoms with van der Waals surface area (Å²) >= 11 is 1.53. The number of carbonyl (C=O) groups excluding carboxylic acids is 1. The summed E-state index contributed by atoms with van der Waals surface area (Å²) in [6.07, 6.45) is 1.63. The molecule has 3 rings (SSSR count). The van der Waals surface area contributed by atoms with Crippen LogP contribution in [-0.2, 0) is 5.75 Å². The standard InChI is InChI=1S/C14H12O4S/c15-12(8-19-7-11-2-1-5-16-11)10-3-4-13-14(6-10)18-9-17-13/h1-6H,7-9H2. The van der Waals surface area contributed by atoms with Crippen molar-refractivity contribution in [2.24, 2.45) is 0 Å². The molecule has 19 heavy (non-hydrogen) atoms. The molecule has 1 aromatic carbocycles. The summed E-state index contributed by atoms with van der Waals surface area (Å²) in [4.78, 5) is 12.0. The van der Waals surface area contributed by atoms with Crippen LogP contribution < -0.4 is 9.47 Å². The van der Waals surface area contributed by atoms with Crippen LogP contribution in [0.1, 0.15) is 16.1 Å². The molecule has 0 radical (unpaired) electrons. The molecule has 0 N–H and O–H groups in total. The van der Waals surface area contributed by atoms with E-state index in [0.29, 0.717) is 28.6 Å². The van der Waals surface area contributed by atoms with E-state index in [9.17, 15) is 4.79 Å². The molecular formula is C14H12O4S. The number of furan rings is 1. The van der Waals surface area contributed by atoms with Crippen LogP contribution >= 0.6 is 11.8 Å². The second kappa shape index (κ2) is 5.40. The zero-order valence-corrected chi connectivity index (χ0v) is 10.9. The van der Waals surface area contributed by atoms with Crippen molar-refractivity contribution in [3.63, 3.8) is 0 Å². The highest BCUT2D eigenvalue weighted by Gasteiger charge is 2.16. The van der Waals surface area contributed by atoms with Gasteiger partial charge < -0.3 is 13.9 Å². The highest BCUT2D eigenvalue weighted by molar-refractivity contribution is 7.99. The zero-order valence-electron chi connectivity index (χ0n) is 10.1. The molecular weight excluding hydrogens is 264 g/mol. The van der Waals surface area contributed by atoms with Gasteiger partial charge in [0, 0.05) is 5.56 Å². The van der Waals surface area contributed by atoms with Gasteiger partial charge in [0.1, 0.15) is 5.76 Å². The summed E-state index contributed by atoms with van der Waals surface area (Å²) in [5.41, 5.74) is 0.649. The smallest absolute Gasteiger partial charge is 0.231 e. The Hall–Kier alpha value is -1.88. The Labute approximate surface area is 114 Å². The van der Waals surface area contributed by atoms with Crippen molar-refractivity contribution < 1.29 is 18.7 Å². The molecule has 0 unspecified atom stereocenters. The summed E-state index contributed by atoms with van der Waals surface area (Å²) in [6.45, 7) is 0.222. The Bertz CT molecular complexity index is 577. The van der Waals surface area contributed by atoms with Crippen LogP contribution in [-0.4, -0.2) is 18.3 Å². The van der Waals surface area contributed by atoms with E-state index >= 15 is 0 Å². The second-order valence-corrected chi connectivity index (χ2v) is 5.05. The number of benzene rings is 1. The molecule has 0 saturated heterocycles. The van der Waals surface area contributed by atoms with Crippen LogP contribution in [0.25, 0.3) is 0 Å². The minimum atomic E-state index is 0.0786. The molecule has 0 amide bonds. The van der Waals surface area contributed by atoms with E-state index in [4.69, 9.17) is 13.9 Å². The fourth-order valence-corrected chi connectivity index (χ4v) is 2.61. The van der Waals surface area contributed by atoms with Crippen molar-refractivity contribution in [2.45, 2.75) is 5.75 Å². The number of fused-ring (bicyclic) bond motifs is 1. The first kappa shape index (κ1) is 12.2. The fraction of sp³-hybridized carbons (Fsp3) is 0.214. The zero-order chi connectivity index (χ0) is 13.1. The van der Waals surface area contributed by atoms with Gasteiger partial charge in [0.25, 0.3) is 0 Å². The average molecular weight is 276 g/mol.